The lowest BCUT2D eigenvalue weighted by atomic mass is 10.1. The molecule has 0 aromatic carbocycles. The van der Waals surface area contributed by atoms with E-state index in [1.807, 2.05) is 0 Å². The first-order valence-corrected chi connectivity index (χ1v) is 4.70. The Kier molecular flexibility index (Phi) is 4.18. The van der Waals surface area contributed by atoms with Gasteiger partial charge in [0.25, 0.3) is 0 Å². The molecule has 0 saturated carbocycles. The number of hydrogen-bond acceptors (Lipinski definition) is 4. The van der Waals surface area contributed by atoms with Gasteiger partial charge in [0, 0.05) is 6.42 Å². The molecular formula is C9H16O4. The number of aliphatic hydroxyl groups is 1. The summed E-state index contributed by atoms with van der Waals surface area (Å²) in [5.74, 6) is -0.149. The third kappa shape index (κ3) is 3.74. The third-order valence-corrected chi connectivity index (χ3v) is 2.04. The largest absolute Gasteiger partial charge is 0.466 e. The predicted molar refractivity (Wildman–Crippen MR) is 46.2 cm³/mol. The lowest BCUT2D eigenvalue weighted by molar-refractivity contribution is -0.143. The lowest BCUT2D eigenvalue weighted by Crippen LogP contribution is -2.05. The van der Waals surface area contributed by atoms with Crippen molar-refractivity contribution in [2.24, 2.45) is 0 Å². The molecule has 1 aliphatic rings. The van der Waals surface area contributed by atoms with Crippen molar-refractivity contribution < 1.29 is 19.4 Å². The number of carbonyl (C=O) groups is 1. The standard InChI is InChI=1S/C9H16O4/c1-2-12-9(11)5-3-4-7-8(6-10)13-7/h7-8,10H,2-6H2,1H3/t7-,8-/m1/s1. The van der Waals surface area contributed by atoms with Gasteiger partial charge in [-0.15, -0.1) is 0 Å². The minimum Gasteiger partial charge on any atom is -0.466 e. The minimum absolute atomic E-state index is 0.0159. The maximum Gasteiger partial charge on any atom is 0.305 e. The van der Waals surface area contributed by atoms with Gasteiger partial charge >= 0.3 is 5.97 Å². The van der Waals surface area contributed by atoms with Gasteiger partial charge in [-0.3, -0.25) is 4.79 Å². The van der Waals surface area contributed by atoms with Crippen LogP contribution in [0.2, 0.25) is 0 Å². The molecule has 2 atom stereocenters. The van der Waals surface area contributed by atoms with E-state index in [1.54, 1.807) is 6.92 Å². The van der Waals surface area contributed by atoms with Crippen LogP contribution >= 0.6 is 0 Å². The van der Waals surface area contributed by atoms with Gasteiger partial charge in [-0.05, 0) is 19.8 Å². The van der Waals surface area contributed by atoms with E-state index in [0.29, 0.717) is 13.0 Å². The molecule has 0 bridgehead atoms. The second-order valence-corrected chi connectivity index (χ2v) is 3.09. The summed E-state index contributed by atoms with van der Waals surface area (Å²) in [6, 6.07) is 0. The van der Waals surface area contributed by atoms with Gasteiger partial charge < -0.3 is 14.6 Å². The Labute approximate surface area is 77.8 Å². The highest BCUT2D eigenvalue weighted by atomic mass is 16.6. The fourth-order valence-corrected chi connectivity index (χ4v) is 1.27. The van der Waals surface area contributed by atoms with Gasteiger partial charge in [-0.25, -0.2) is 0 Å². The molecule has 4 heteroatoms. The SMILES string of the molecule is CCOC(=O)CCC[C@H]1O[C@@H]1CO. The molecule has 0 aromatic heterocycles. The van der Waals surface area contributed by atoms with Crippen molar-refractivity contribution in [1.29, 1.82) is 0 Å². The van der Waals surface area contributed by atoms with Crippen molar-refractivity contribution in [3.63, 3.8) is 0 Å². The van der Waals surface area contributed by atoms with Crippen LogP contribution in [0.25, 0.3) is 0 Å². The van der Waals surface area contributed by atoms with Gasteiger partial charge in [-0.1, -0.05) is 0 Å². The van der Waals surface area contributed by atoms with Crippen molar-refractivity contribution in [2.45, 2.75) is 38.4 Å². The van der Waals surface area contributed by atoms with Crippen LogP contribution < -0.4 is 0 Å². The lowest BCUT2D eigenvalue weighted by Gasteiger charge is -1.99. The molecule has 0 spiro atoms. The van der Waals surface area contributed by atoms with Crippen LogP contribution in [-0.2, 0) is 14.3 Å². The van der Waals surface area contributed by atoms with E-state index in [2.05, 4.69) is 0 Å². The van der Waals surface area contributed by atoms with Crippen LogP contribution in [0, 0.1) is 0 Å². The minimum atomic E-state index is -0.149. The van der Waals surface area contributed by atoms with Crippen molar-refractivity contribution in [3.8, 4) is 0 Å². The second-order valence-electron chi connectivity index (χ2n) is 3.09. The van der Waals surface area contributed by atoms with E-state index in [0.717, 1.165) is 12.8 Å². The molecular weight excluding hydrogens is 172 g/mol. The first-order valence-electron chi connectivity index (χ1n) is 4.70. The molecule has 1 fully saturated rings. The number of epoxide rings is 1. The van der Waals surface area contributed by atoms with Crippen LogP contribution in [0.3, 0.4) is 0 Å². The molecule has 1 N–H and O–H groups in total. The molecule has 1 saturated heterocycles. The average molecular weight is 188 g/mol. The maximum atomic E-state index is 10.9. The molecule has 4 nitrogen and oxygen atoms in total. The number of ether oxygens (including phenoxy) is 2. The summed E-state index contributed by atoms with van der Waals surface area (Å²) in [5, 5.41) is 8.65. The van der Waals surface area contributed by atoms with Crippen LogP contribution in [0.4, 0.5) is 0 Å². The summed E-state index contributed by atoms with van der Waals surface area (Å²) in [4.78, 5) is 10.9. The van der Waals surface area contributed by atoms with E-state index in [1.165, 1.54) is 0 Å². The monoisotopic (exact) mass is 188 g/mol. The Balaban J connectivity index is 1.93. The first kappa shape index (κ1) is 10.5. The maximum absolute atomic E-state index is 10.9. The number of hydrogen-bond donors (Lipinski definition) is 1. The van der Waals surface area contributed by atoms with E-state index < -0.39 is 0 Å². The predicted octanol–water partition coefficient (Wildman–Crippen LogP) is 0.480. The van der Waals surface area contributed by atoms with Gasteiger partial charge in [0.05, 0.1) is 19.3 Å². The molecule has 0 amide bonds. The van der Waals surface area contributed by atoms with Gasteiger partial charge in [-0.2, -0.15) is 0 Å². The molecule has 0 aromatic rings. The molecule has 76 valence electrons. The molecule has 0 aliphatic carbocycles. The average Bonchev–Trinajstić information content (AvgIpc) is 2.84. The van der Waals surface area contributed by atoms with Gasteiger partial charge in [0.2, 0.25) is 0 Å². The summed E-state index contributed by atoms with van der Waals surface area (Å²) in [6.07, 6.45) is 2.25. The molecule has 0 radical (unpaired) electrons. The van der Waals surface area contributed by atoms with Crippen LogP contribution in [-0.4, -0.2) is 36.5 Å². The van der Waals surface area contributed by atoms with Crippen molar-refractivity contribution in [3.05, 3.63) is 0 Å². The summed E-state index contributed by atoms with van der Waals surface area (Å²) in [5.41, 5.74) is 0. The van der Waals surface area contributed by atoms with Crippen LogP contribution in [0.5, 0.6) is 0 Å². The summed E-state index contributed by atoms with van der Waals surface area (Å²) < 4.78 is 9.87. The zero-order valence-electron chi connectivity index (χ0n) is 7.86. The molecule has 1 aliphatic heterocycles. The third-order valence-electron chi connectivity index (χ3n) is 2.04. The second kappa shape index (κ2) is 5.19. The Bertz CT molecular complexity index is 169. The van der Waals surface area contributed by atoms with Crippen molar-refractivity contribution in [2.75, 3.05) is 13.2 Å². The fourth-order valence-electron chi connectivity index (χ4n) is 1.27. The summed E-state index contributed by atoms with van der Waals surface area (Å²) >= 11 is 0. The molecule has 13 heavy (non-hydrogen) atoms. The van der Waals surface area contributed by atoms with Crippen molar-refractivity contribution in [1.82, 2.24) is 0 Å². The number of rotatable bonds is 6. The highest BCUT2D eigenvalue weighted by Crippen LogP contribution is 2.26. The van der Waals surface area contributed by atoms with E-state index in [9.17, 15) is 4.79 Å². The first-order chi connectivity index (χ1) is 6.27. The molecule has 0 unspecified atom stereocenters. The quantitative estimate of drug-likeness (QED) is 0.486. The highest BCUT2D eigenvalue weighted by Gasteiger charge is 2.37. The Morgan fingerprint density at radius 1 is 1.54 bits per heavy atom. The Hall–Kier alpha value is -0.610. The zero-order valence-corrected chi connectivity index (χ0v) is 7.86. The Morgan fingerprint density at radius 2 is 2.31 bits per heavy atom. The number of esters is 1. The van der Waals surface area contributed by atoms with Gasteiger partial charge in [0.15, 0.2) is 0 Å². The highest BCUT2D eigenvalue weighted by molar-refractivity contribution is 5.69. The zero-order chi connectivity index (χ0) is 9.68. The smallest absolute Gasteiger partial charge is 0.305 e. The Morgan fingerprint density at radius 3 is 2.85 bits per heavy atom. The van der Waals surface area contributed by atoms with Gasteiger partial charge in [0.1, 0.15) is 6.10 Å². The van der Waals surface area contributed by atoms with Crippen molar-refractivity contribution >= 4 is 5.97 Å². The van der Waals surface area contributed by atoms with E-state index >= 15 is 0 Å². The number of aliphatic hydroxyl groups excluding tert-OH is 1. The van der Waals surface area contributed by atoms with E-state index in [-0.39, 0.29) is 24.8 Å². The normalized spacial score (nSPS) is 25.7. The molecule has 1 heterocycles. The van der Waals surface area contributed by atoms with Crippen LogP contribution in [0.1, 0.15) is 26.2 Å². The fraction of sp³-hybridized carbons (Fsp3) is 0.889. The topological polar surface area (TPSA) is 59.1 Å². The number of carbonyl (C=O) groups excluding carboxylic acids is 1. The summed E-state index contributed by atoms with van der Waals surface area (Å²) in [7, 11) is 0. The van der Waals surface area contributed by atoms with Crippen LogP contribution in [0.15, 0.2) is 0 Å². The summed E-state index contributed by atoms with van der Waals surface area (Å²) in [6.45, 7) is 2.33. The molecule has 1 rings (SSSR count). The van der Waals surface area contributed by atoms with E-state index in [4.69, 9.17) is 14.6 Å².